The first-order valence-corrected chi connectivity index (χ1v) is 6.48. The second-order valence-corrected chi connectivity index (χ2v) is 5.03. The Morgan fingerprint density at radius 2 is 1.91 bits per heavy atom. The molecule has 0 aliphatic heterocycles. The lowest BCUT2D eigenvalue weighted by molar-refractivity contribution is -0.169. The van der Waals surface area contributed by atoms with E-state index in [2.05, 4.69) is 0 Å². The molecule has 1 aromatic carbocycles. The van der Waals surface area contributed by atoms with Crippen LogP contribution in [-0.4, -0.2) is 38.8 Å². The molecule has 1 atom stereocenters. The highest BCUT2D eigenvalue weighted by molar-refractivity contribution is 5.89. The molecule has 2 rings (SSSR count). The van der Waals surface area contributed by atoms with E-state index in [1.807, 2.05) is 12.2 Å². The summed E-state index contributed by atoms with van der Waals surface area (Å²) in [5.74, 6) is -4.13. The normalized spacial score (nSPS) is 15.0. The van der Waals surface area contributed by atoms with Gasteiger partial charge in [0, 0.05) is 0 Å². The van der Waals surface area contributed by atoms with Gasteiger partial charge in [0.1, 0.15) is 5.75 Å². The van der Waals surface area contributed by atoms with Crippen LogP contribution in [0.3, 0.4) is 0 Å². The van der Waals surface area contributed by atoms with Crippen molar-refractivity contribution < 1.29 is 34.4 Å². The summed E-state index contributed by atoms with van der Waals surface area (Å²) in [7, 11) is 0. The molecule has 7 heteroatoms. The smallest absolute Gasteiger partial charge is 0.336 e. The molecule has 0 saturated carbocycles. The first-order chi connectivity index (χ1) is 10.3. The highest BCUT2D eigenvalue weighted by Gasteiger charge is 2.41. The van der Waals surface area contributed by atoms with E-state index in [1.54, 1.807) is 18.2 Å². The van der Waals surface area contributed by atoms with Gasteiger partial charge < -0.3 is 20.1 Å². The summed E-state index contributed by atoms with van der Waals surface area (Å²) in [6.45, 7) is 0. The molecule has 0 saturated heterocycles. The number of allylic oxidation sites excluding steroid dienone is 1. The van der Waals surface area contributed by atoms with Gasteiger partial charge in [-0.3, -0.25) is 9.59 Å². The number of carbonyl (C=O) groups is 3. The molecule has 1 aliphatic rings. The molecule has 1 aromatic rings. The van der Waals surface area contributed by atoms with Crippen molar-refractivity contribution in [3.05, 3.63) is 35.4 Å². The predicted octanol–water partition coefficient (Wildman–Crippen LogP) is 0.842. The summed E-state index contributed by atoms with van der Waals surface area (Å²) < 4.78 is 4.98. The lowest BCUT2D eigenvalue weighted by Gasteiger charge is -2.20. The molecule has 0 aromatic heterocycles. The number of ether oxygens (including phenoxy) is 1. The van der Waals surface area contributed by atoms with Crippen molar-refractivity contribution in [2.45, 2.75) is 24.9 Å². The Kier molecular flexibility index (Phi) is 4.27. The summed E-state index contributed by atoms with van der Waals surface area (Å²) in [6, 6.07) is 4.95. The number of hydrogen-bond acceptors (Lipinski definition) is 5. The van der Waals surface area contributed by atoms with Crippen molar-refractivity contribution in [1.29, 1.82) is 0 Å². The third-order valence-electron chi connectivity index (χ3n) is 3.26. The number of aliphatic hydroxyl groups is 1. The monoisotopic (exact) mass is 306 g/mol. The molecule has 7 nitrogen and oxygen atoms in total. The van der Waals surface area contributed by atoms with Crippen LogP contribution in [0.15, 0.2) is 24.3 Å². The van der Waals surface area contributed by atoms with E-state index < -0.39 is 36.4 Å². The second kappa shape index (κ2) is 5.98. The molecular formula is C15H14O7. The minimum absolute atomic E-state index is 0.207. The lowest BCUT2D eigenvalue weighted by Crippen LogP contribution is -2.43. The van der Waals surface area contributed by atoms with Crippen molar-refractivity contribution in [1.82, 2.24) is 0 Å². The predicted molar refractivity (Wildman–Crippen MR) is 74.3 cm³/mol. The van der Waals surface area contributed by atoms with Gasteiger partial charge >= 0.3 is 17.9 Å². The highest BCUT2D eigenvalue weighted by atomic mass is 16.5. The zero-order valence-corrected chi connectivity index (χ0v) is 11.5. The maximum Gasteiger partial charge on any atom is 0.336 e. The van der Waals surface area contributed by atoms with Crippen LogP contribution in [-0.2, 0) is 20.8 Å². The lowest BCUT2D eigenvalue weighted by atomic mass is 9.96. The van der Waals surface area contributed by atoms with Crippen molar-refractivity contribution in [3.63, 3.8) is 0 Å². The number of fused-ring (bicyclic) bond motifs is 1. The average molecular weight is 306 g/mol. The number of hydrogen-bond donors (Lipinski definition) is 3. The molecule has 116 valence electrons. The largest absolute Gasteiger partial charge is 0.481 e. The average Bonchev–Trinajstić information content (AvgIpc) is 2.84. The van der Waals surface area contributed by atoms with E-state index in [-0.39, 0.29) is 5.75 Å². The van der Waals surface area contributed by atoms with Gasteiger partial charge in [-0.2, -0.15) is 0 Å². The first-order valence-electron chi connectivity index (χ1n) is 6.48. The van der Waals surface area contributed by atoms with E-state index in [1.165, 1.54) is 0 Å². The Morgan fingerprint density at radius 3 is 2.55 bits per heavy atom. The van der Waals surface area contributed by atoms with E-state index >= 15 is 0 Å². The fourth-order valence-electron chi connectivity index (χ4n) is 2.16. The SMILES string of the molecule is O=C(O)CC(O)(CC(=O)Oc1ccc2c(c1)C=CC2)C(=O)O. The van der Waals surface area contributed by atoms with Gasteiger partial charge in [0.05, 0.1) is 12.8 Å². The van der Waals surface area contributed by atoms with Gasteiger partial charge in [0.2, 0.25) is 0 Å². The van der Waals surface area contributed by atoms with Crippen LogP contribution in [0.2, 0.25) is 0 Å². The van der Waals surface area contributed by atoms with Crippen molar-refractivity contribution in [3.8, 4) is 5.75 Å². The minimum atomic E-state index is -2.69. The molecular weight excluding hydrogens is 292 g/mol. The molecule has 1 unspecified atom stereocenters. The van der Waals surface area contributed by atoms with Crippen molar-refractivity contribution in [2.75, 3.05) is 0 Å². The van der Waals surface area contributed by atoms with Crippen LogP contribution in [0.25, 0.3) is 6.08 Å². The summed E-state index contributed by atoms with van der Waals surface area (Å²) in [5, 5.41) is 27.3. The van der Waals surface area contributed by atoms with E-state index in [4.69, 9.17) is 14.9 Å². The third kappa shape index (κ3) is 3.50. The molecule has 0 radical (unpaired) electrons. The number of benzene rings is 1. The van der Waals surface area contributed by atoms with Gasteiger partial charge in [-0.1, -0.05) is 18.2 Å². The molecule has 0 spiro atoms. The number of carbonyl (C=O) groups excluding carboxylic acids is 1. The van der Waals surface area contributed by atoms with Crippen molar-refractivity contribution in [2.24, 2.45) is 0 Å². The number of rotatable bonds is 6. The Labute approximate surface area is 125 Å². The van der Waals surface area contributed by atoms with Crippen LogP contribution in [0, 0.1) is 0 Å². The summed E-state index contributed by atoms with van der Waals surface area (Å²) >= 11 is 0. The Hall–Kier alpha value is -2.67. The molecule has 22 heavy (non-hydrogen) atoms. The van der Waals surface area contributed by atoms with Gasteiger partial charge in [0.25, 0.3) is 0 Å². The third-order valence-corrected chi connectivity index (χ3v) is 3.26. The van der Waals surface area contributed by atoms with E-state index in [0.29, 0.717) is 0 Å². The van der Waals surface area contributed by atoms with Gasteiger partial charge in [-0.25, -0.2) is 4.79 Å². The number of aliphatic carboxylic acids is 2. The quantitative estimate of drug-likeness (QED) is 0.526. The fourth-order valence-corrected chi connectivity index (χ4v) is 2.16. The number of esters is 1. The van der Waals surface area contributed by atoms with Crippen LogP contribution in [0.1, 0.15) is 24.0 Å². The van der Waals surface area contributed by atoms with Gasteiger partial charge in [-0.05, 0) is 29.7 Å². The summed E-state index contributed by atoms with van der Waals surface area (Å²) in [4.78, 5) is 33.3. The zero-order chi connectivity index (χ0) is 16.3. The van der Waals surface area contributed by atoms with E-state index in [9.17, 15) is 19.5 Å². The molecule has 0 heterocycles. The second-order valence-electron chi connectivity index (χ2n) is 5.03. The Morgan fingerprint density at radius 1 is 1.18 bits per heavy atom. The number of carboxylic acid groups (broad SMARTS) is 2. The van der Waals surface area contributed by atoms with Crippen LogP contribution >= 0.6 is 0 Å². The summed E-state index contributed by atoms with van der Waals surface area (Å²) in [6.07, 6.45) is 2.56. The van der Waals surface area contributed by atoms with Crippen LogP contribution < -0.4 is 4.74 Å². The van der Waals surface area contributed by atoms with Gasteiger partial charge in [-0.15, -0.1) is 0 Å². The molecule has 0 fully saturated rings. The molecule has 0 bridgehead atoms. The maximum atomic E-state index is 11.8. The number of carboxylic acids is 2. The zero-order valence-electron chi connectivity index (χ0n) is 11.5. The van der Waals surface area contributed by atoms with Crippen LogP contribution in [0.5, 0.6) is 5.75 Å². The van der Waals surface area contributed by atoms with Gasteiger partial charge in [0.15, 0.2) is 5.60 Å². The van der Waals surface area contributed by atoms with E-state index in [0.717, 1.165) is 17.5 Å². The topological polar surface area (TPSA) is 121 Å². The molecule has 1 aliphatic carbocycles. The van der Waals surface area contributed by atoms with Crippen LogP contribution in [0.4, 0.5) is 0 Å². The minimum Gasteiger partial charge on any atom is -0.481 e. The first kappa shape index (κ1) is 15.7. The fraction of sp³-hybridized carbons (Fsp3) is 0.267. The standard InChI is InChI=1S/C15H14O7/c16-12(17)7-15(21,14(19)20)8-13(18)22-11-5-4-9-2-1-3-10(9)6-11/h1,3-6,21H,2,7-8H2,(H,16,17)(H,19,20). The molecule has 3 N–H and O–H groups in total. The van der Waals surface area contributed by atoms with Crippen molar-refractivity contribution >= 4 is 24.0 Å². The maximum absolute atomic E-state index is 11.8. The Balaban J connectivity index is 2.07. The highest BCUT2D eigenvalue weighted by Crippen LogP contribution is 2.25. The molecule has 0 amide bonds. The Bertz CT molecular complexity index is 662. The summed E-state index contributed by atoms with van der Waals surface area (Å²) in [5.41, 5.74) is -0.725.